The third kappa shape index (κ3) is 2.14. The maximum atomic E-state index is 12.1. The number of anilines is 1. The molecular formula is C16H17N3O2. The quantitative estimate of drug-likeness (QED) is 0.853. The number of carbonyl (C=O) groups excluding carboxylic acids is 2. The lowest BCUT2D eigenvalue weighted by molar-refractivity contribution is -0.126. The summed E-state index contributed by atoms with van der Waals surface area (Å²) in [5.41, 5.74) is 0.599. The van der Waals surface area contributed by atoms with Gasteiger partial charge in [-0.3, -0.25) is 9.59 Å². The maximum Gasteiger partial charge on any atom is 0.245 e. The molecule has 21 heavy (non-hydrogen) atoms. The molecule has 2 heterocycles. The van der Waals surface area contributed by atoms with E-state index in [1.807, 2.05) is 49.1 Å². The first-order valence-corrected chi connectivity index (χ1v) is 6.95. The van der Waals surface area contributed by atoms with Gasteiger partial charge in [-0.05, 0) is 26.0 Å². The summed E-state index contributed by atoms with van der Waals surface area (Å²) in [5.74, 6) is 0.518. The first-order valence-electron chi connectivity index (χ1n) is 6.95. The first-order chi connectivity index (χ1) is 10.0. The number of fused-ring (bicyclic) bond motifs is 1. The van der Waals surface area contributed by atoms with Crippen molar-refractivity contribution in [2.75, 3.05) is 18.0 Å². The van der Waals surface area contributed by atoms with E-state index in [4.69, 9.17) is 0 Å². The molecule has 0 unspecified atom stereocenters. The standard InChI is InChI=1S/C16H17N3O2/c1-16(2)15(21)17-7-8-19(16)14-12(10-20)9-11-5-3-4-6-13(11)18-14/h3-6,9-10H,7-8H2,1-2H3,(H,17,21). The average Bonchev–Trinajstić information content (AvgIpc) is 2.48. The molecular weight excluding hydrogens is 266 g/mol. The van der Waals surface area contributed by atoms with Crippen molar-refractivity contribution in [1.29, 1.82) is 0 Å². The van der Waals surface area contributed by atoms with Crippen LogP contribution in [0.25, 0.3) is 10.9 Å². The molecule has 3 rings (SSSR count). The molecule has 0 spiro atoms. The molecule has 5 heteroatoms. The topological polar surface area (TPSA) is 62.3 Å². The average molecular weight is 283 g/mol. The number of nitrogens with zero attached hydrogens (tertiary/aromatic N) is 2. The number of pyridine rings is 1. The smallest absolute Gasteiger partial charge is 0.245 e. The van der Waals surface area contributed by atoms with Crippen molar-refractivity contribution in [3.8, 4) is 0 Å². The normalized spacial score (nSPS) is 17.6. The minimum Gasteiger partial charge on any atom is -0.352 e. The van der Waals surface area contributed by atoms with Crippen molar-refractivity contribution in [3.05, 3.63) is 35.9 Å². The van der Waals surface area contributed by atoms with Gasteiger partial charge in [-0.1, -0.05) is 18.2 Å². The van der Waals surface area contributed by atoms with Crippen molar-refractivity contribution in [2.24, 2.45) is 0 Å². The van der Waals surface area contributed by atoms with Crippen molar-refractivity contribution in [2.45, 2.75) is 19.4 Å². The zero-order valence-corrected chi connectivity index (χ0v) is 12.1. The summed E-state index contributed by atoms with van der Waals surface area (Å²) in [6.07, 6.45) is 0.803. The second-order valence-electron chi connectivity index (χ2n) is 5.68. The molecule has 1 aromatic heterocycles. The fourth-order valence-corrected chi connectivity index (χ4v) is 2.70. The number of piperazine rings is 1. The Morgan fingerprint density at radius 3 is 2.86 bits per heavy atom. The van der Waals surface area contributed by atoms with Gasteiger partial charge in [-0.25, -0.2) is 4.98 Å². The number of benzene rings is 1. The molecule has 1 aliphatic heterocycles. The molecule has 1 N–H and O–H groups in total. The Labute approximate surface area is 123 Å². The predicted octanol–water partition coefficient (Wildman–Crippen LogP) is 1.76. The Balaban J connectivity index is 2.18. The first kappa shape index (κ1) is 13.5. The summed E-state index contributed by atoms with van der Waals surface area (Å²) < 4.78 is 0. The third-order valence-electron chi connectivity index (χ3n) is 3.97. The third-order valence-corrected chi connectivity index (χ3v) is 3.97. The Hall–Kier alpha value is -2.43. The van der Waals surface area contributed by atoms with Crippen molar-refractivity contribution in [3.63, 3.8) is 0 Å². The summed E-state index contributed by atoms with van der Waals surface area (Å²) >= 11 is 0. The lowest BCUT2D eigenvalue weighted by Gasteiger charge is -2.42. The van der Waals surface area contributed by atoms with Crippen LogP contribution in [0.2, 0.25) is 0 Å². The number of aldehydes is 1. The van der Waals surface area contributed by atoms with Crippen LogP contribution in [0.3, 0.4) is 0 Å². The zero-order chi connectivity index (χ0) is 15.0. The highest BCUT2D eigenvalue weighted by Gasteiger charge is 2.39. The molecule has 0 radical (unpaired) electrons. The van der Waals surface area contributed by atoms with E-state index < -0.39 is 5.54 Å². The number of para-hydroxylation sites is 1. The van der Waals surface area contributed by atoms with Gasteiger partial charge in [0.25, 0.3) is 0 Å². The second-order valence-corrected chi connectivity index (χ2v) is 5.68. The van der Waals surface area contributed by atoms with Crippen LogP contribution in [0.5, 0.6) is 0 Å². The minimum absolute atomic E-state index is 0.0550. The fraction of sp³-hybridized carbons (Fsp3) is 0.312. The Morgan fingerprint density at radius 1 is 1.33 bits per heavy atom. The van der Waals surface area contributed by atoms with E-state index in [2.05, 4.69) is 10.3 Å². The molecule has 1 aliphatic rings. The predicted molar refractivity (Wildman–Crippen MR) is 81.6 cm³/mol. The molecule has 1 aromatic carbocycles. The van der Waals surface area contributed by atoms with Crippen molar-refractivity contribution < 1.29 is 9.59 Å². The lowest BCUT2D eigenvalue weighted by Crippen LogP contribution is -2.62. The van der Waals surface area contributed by atoms with Gasteiger partial charge in [0.2, 0.25) is 5.91 Å². The largest absolute Gasteiger partial charge is 0.352 e. The van der Waals surface area contributed by atoms with Crippen LogP contribution in [0.4, 0.5) is 5.82 Å². The monoisotopic (exact) mass is 283 g/mol. The van der Waals surface area contributed by atoms with Crippen LogP contribution in [0, 0.1) is 0 Å². The van der Waals surface area contributed by atoms with E-state index in [0.717, 1.165) is 17.2 Å². The van der Waals surface area contributed by atoms with Gasteiger partial charge in [0.05, 0.1) is 11.1 Å². The van der Waals surface area contributed by atoms with E-state index >= 15 is 0 Å². The Kier molecular flexibility index (Phi) is 3.12. The van der Waals surface area contributed by atoms with Crippen LogP contribution in [-0.2, 0) is 4.79 Å². The van der Waals surface area contributed by atoms with Gasteiger partial charge < -0.3 is 10.2 Å². The lowest BCUT2D eigenvalue weighted by atomic mass is 9.98. The number of hydrogen-bond donors (Lipinski definition) is 1. The van der Waals surface area contributed by atoms with Gasteiger partial charge in [0.15, 0.2) is 6.29 Å². The van der Waals surface area contributed by atoms with Gasteiger partial charge in [0, 0.05) is 18.5 Å². The Morgan fingerprint density at radius 2 is 2.10 bits per heavy atom. The highest BCUT2D eigenvalue weighted by Crippen LogP contribution is 2.29. The highest BCUT2D eigenvalue weighted by molar-refractivity contribution is 5.95. The summed E-state index contributed by atoms with van der Waals surface area (Å²) in [4.78, 5) is 30.1. The number of nitrogens with one attached hydrogen (secondary N) is 1. The molecule has 2 aromatic rings. The summed E-state index contributed by atoms with van der Waals surface area (Å²) in [6, 6.07) is 9.48. The molecule has 0 saturated carbocycles. The number of amides is 1. The molecule has 1 saturated heterocycles. The molecule has 0 bridgehead atoms. The highest BCUT2D eigenvalue weighted by atomic mass is 16.2. The number of carbonyl (C=O) groups is 2. The SMILES string of the molecule is CC1(C)C(=O)NCCN1c1nc2ccccc2cc1C=O. The minimum atomic E-state index is -0.731. The number of rotatable bonds is 2. The number of aromatic nitrogens is 1. The summed E-state index contributed by atoms with van der Waals surface area (Å²) in [5, 5.41) is 3.77. The van der Waals surface area contributed by atoms with Gasteiger partial charge >= 0.3 is 0 Å². The van der Waals surface area contributed by atoms with E-state index in [0.29, 0.717) is 24.5 Å². The van der Waals surface area contributed by atoms with E-state index in [9.17, 15) is 9.59 Å². The number of hydrogen-bond acceptors (Lipinski definition) is 4. The van der Waals surface area contributed by atoms with Gasteiger partial charge in [-0.2, -0.15) is 0 Å². The van der Waals surface area contributed by atoms with Crippen LogP contribution < -0.4 is 10.2 Å². The molecule has 5 nitrogen and oxygen atoms in total. The molecule has 0 aliphatic carbocycles. The Bertz CT molecular complexity index is 725. The fourth-order valence-electron chi connectivity index (χ4n) is 2.70. The van der Waals surface area contributed by atoms with Crippen molar-refractivity contribution in [1.82, 2.24) is 10.3 Å². The molecule has 1 fully saturated rings. The van der Waals surface area contributed by atoms with Gasteiger partial charge in [-0.15, -0.1) is 0 Å². The van der Waals surface area contributed by atoms with E-state index in [1.54, 1.807) is 0 Å². The van der Waals surface area contributed by atoms with Crippen LogP contribution >= 0.6 is 0 Å². The van der Waals surface area contributed by atoms with Crippen LogP contribution in [0.1, 0.15) is 24.2 Å². The molecule has 1 amide bonds. The maximum absolute atomic E-state index is 12.1. The van der Waals surface area contributed by atoms with Crippen LogP contribution in [0.15, 0.2) is 30.3 Å². The summed E-state index contributed by atoms with van der Waals surface area (Å²) in [6.45, 7) is 4.86. The van der Waals surface area contributed by atoms with Gasteiger partial charge in [0.1, 0.15) is 11.4 Å². The van der Waals surface area contributed by atoms with Crippen LogP contribution in [-0.4, -0.2) is 35.8 Å². The van der Waals surface area contributed by atoms with E-state index in [1.165, 1.54) is 0 Å². The van der Waals surface area contributed by atoms with Crippen molar-refractivity contribution >= 4 is 28.9 Å². The summed E-state index contributed by atoms with van der Waals surface area (Å²) in [7, 11) is 0. The molecule has 0 atom stereocenters. The molecule has 108 valence electrons. The zero-order valence-electron chi connectivity index (χ0n) is 12.1. The van der Waals surface area contributed by atoms with E-state index in [-0.39, 0.29) is 5.91 Å². The second kappa shape index (κ2) is 4.84.